The maximum atomic E-state index is 13.4. The highest BCUT2D eigenvalue weighted by Crippen LogP contribution is 2.29. The van der Waals surface area contributed by atoms with Crippen LogP contribution in [0.15, 0.2) is 42.5 Å². The summed E-state index contributed by atoms with van der Waals surface area (Å²) in [5.74, 6) is 0.749. The molecule has 2 aromatic carbocycles. The van der Waals surface area contributed by atoms with Gasteiger partial charge in [0.25, 0.3) is 0 Å². The highest BCUT2D eigenvalue weighted by Gasteiger charge is 2.21. The fraction of sp³-hybridized carbons (Fsp3) is 0.133. The number of rotatable bonds is 3. The Morgan fingerprint density at radius 3 is 2.89 bits per heavy atom. The predicted molar refractivity (Wildman–Crippen MR) is 67.0 cm³/mol. The number of carbonyl (C=O) groups excluding carboxylic acids is 1. The standard InChI is InChI=1S/C15H11FO3/c16-13-4-2-1-3-10(13)8-18-11-5-6-12-14(17)9-19-15(12)7-11/h1-7H,8-9H2. The third-order valence-corrected chi connectivity index (χ3v) is 2.96. The van der Waals surface area contributed by atoms with Gasteiger partial charge in [0, 0.05) is 11.6 Å². The Morgan fingerprint density at radius 1 is 1.21 bits per heavy atom. The Kier molecular flexibility index (Phi) is 2.91. The van der Waals surface area contributed by atoms with E-state index in [4.69, 9.17) is 9.47 Å². The number of halogens is 1. The summed E-state index contributed by atoms with van der Waals surface area (Å²) in [5.41, 5.74) is 1.05. The van der Waals surface area contributed by atoms with Crippen LogP contribution in [0, 0.1) is 5.82 Å². The van der Waals surface area contributed by atoms with Crippen LogP contribution in [0.5, 0.6) is 11.5 Å². The summed E-state index contributed by atoms with van der Waals surface area (Å²) in [6, 6.07) is 11.5. The van der Waals surface area contributed by atoms with Crippen LogP contribution in [0.25, 0.3) is 0 Å². The van der Waals surface area contributed by atoms with Gasteiger partial charge in [-0.15, -0.1) is 0 Å². The van der Waals surface area contributed by atoms with Crippen molar-refractivity contribution in [1.82, 2.24) is 0 Å². The number of benzene rings is 2. The molecule has 0 spiro atoms. The SMILES string of the molecule is O=C1COc2cc(OCc3ccccc3F)ccc21. The molecule has 1 aliphatic rings. The molecular weight excluding hydrogens is 247 g/mol. The number of carbonyl (C=O) groups is 1. The Balaban J connectivity index is 1.75. The minimum absolute atomic E-state index is 0.0318. The molecule has 0 N–H and O–H groups in total. The molecule has 1 aliphatic heterocycles. The smallest absolute Gasteiger partial charge is 0.203 e. The molecule has 19 heavy (non-hydrogen) atoms. The highest BCUT2D eigenvalue weighted by atomic mass is 19.1. The summed E-state index contributed by atoms with van der Waals surface area (Å²) in [4.78, 5) is 11.4. The molecule has 0 radical (unpaired) electrons. The molecular formula is C15H11FO3. The Labute approximate surface area is 109 Å². The molecule has 96 valence electrons. The van der Waals surface area contributed by atoms with Crippen molar-refractivity contribution in [2.45, 2.75) is 6.61 Å². The van der Waals surface area contributed by atoms with E-state index in [1.165, 1.54) is 6.07 Å². The van der Waals surface area contributed by atoms with E-state index in [9.17, 15) is 9.18 Å². The van der Waals surface area contributed by atoms with Gasteiger partial charge in [0.15, 0.2) is 6.61 Å². The lowest BCUT2D eigenvalue weighted by Crippen LogP contribution is -1.99. The lowest BCUT2D eigenvalue weighted by molar-refractivity contribution is 0.0961. The van der Waals surface area contributed by atoms with Gasteiger partial charge in [-0.25, -0.2) is 4.39 Å². The van der Waals surface area contributed by atoms with Crippen molar-refractivity contribution in [3.63, 3.8) is 0 Å². The Morgan fingerprint density at radius 2 is 2.05 bits per heavy atom. The molecule has 0 saturated carbocycles. The van der Waals surface area contributed by atoms with E-state index >= 15 is 0 Å². The zero-order chi connectivity index (χ0) is 13.2. The van der Waals surface area contributed by atoms with Crippen LogP contribution in [0.4, 0.5) is 4.39 Å². The molecule has 3 rings (SSSR count). The van der Waals surface area contributed by atoms with Crippen LogP contribution < -0.4 is 9.47 Å². The minimum Gasteiger partial charge on any atom is -0.489 e. The molecule has 0 fully saturated rings. The largest absolute Gasteiger partial charge is 0.489 e. The van der Waals surface area contributed by atoms with Crippen LogP contribution in [0.3, 0.4) is 0 Å². The molecule has 4 heteroatoms. The summed E-state index contributed by atoms with van der Waals surface area (Å²) in [7, 11) is 0. The molecule has 0 bridgehead atoms. The van der Waals surface area contributed by atoms with Crippen molar-refractivity contribution in [1.29, 1.82) is 0 Å². The van der Waals surface area contributed by atoms with E-state index in [1.54, 1.807) is 36.4 Å². The summed E-state index contributed by atoms with van der Waals surface area (Å²) in [6.45, 7) is 0.214. The molecule has 0 aliphatic carbocycles. The van der Waals surface area contributed by atoms with Crippen molar-refractivity contribution in [2.75, 3.05) is 6.61 Å². The first-order valence-corrected chi connectivity index (χ1v) is 5.90. The maximum absolute atomic E-state index is 13.4. The van der Waals surface area contributed by atoms with Crippen molar-refractivity contribution in [3.8, 4) is 11.5 Å². The lowest BCUT2D eigenvalue weighted by atomic mass is 10.1. The van der Waals surface area contributed by atoms with Crippen LogP contribution in [0.1, 0.15) is 15.9 Å². The quantitative estimate of drug-likeness (QED) is 0.849. The zero-order valence-corrected chi connectivity index (χ0v) is 10.1. The molecule has 0 aromatic heterocycles. The van der Waals surface area contributed by atoms with Crippen LogP contribution >= 0.6 is 0 Å². The van der Waals surface area contributed by atoms with Crippen LogP contribution in [-0.4, -0.2) is 12.4 Å². The van der Waals surface area contributed by atoms with Gasteiger partial charge in [0.2, 0.25) is 5.78 Å². The number of hydrogen-bond donors (Lipinski definition) is 0. The van der Waals surface area contributed by atoms with Crippen LogP contribution in [0.2, 0.25) is 0 Å². The monoisotopic (exact) mass is 258 g/mol. The minimum atomic E-state index is -0.296. The number of ketones is 1. The second-order valence-corrected chi connectivity index (χ2v) is 4.25. The molecule has 3 nitrogen and oxygen atoms in total. The van der Waals surface area contributed by atoms with Crippen molar-refractivity contribution in [3.05, 3.63) is 59.4 Å². The number of ether oxygens (including phenoxy) is 2. The molecule has 0 unspecified atom stereocenters. The van der Waals surface area contributed by atoms with E-state index in [2.05, 4.69) is 0 Å². The average Bonchev–Trinajstić information content (AvgIpc) is 2.79. The van der Waals surface area contributed by atoms with Gasteiger partial charge in [-0.05, 0) is 18.2 Å². The van der Waals surface area contributed by atoms with Gasteiger partial charge in [-0.3, -0.25) is 4.79 Å². The first-order valence-electron chi connectivity index (χ1n) is 5.90. The summed E-state index contributed by atoms with van der Waals surface area (Å²) in [6.07, 6.45) is 0. The fourth-order valence-corrected chi connectivity index (χ4v) is 1.94. The molecule has 0 amide bonds. The van der Waals surface area contributed by atoms with Crippen molar-refractivity contribution in [2.24, 2.45) is 0 Å². The third-order valence-electron chi connectivity index (χ3n) is 2.96. The molecule has 0 saturated heterocycles. The summed E-state index contributed by atoms with van der Waals surface area (Å²) < 4.78 is 24.1. The van der Waals surface area contributed by atoms with Crippen molar-refractivity contribution < 1.29 is 18.7 Å². The molecule has 2 aromatic rings. The first kappa shape index (κ1) is 11.7. The lowest BCUT2D eigenvalue weighted by Gasteiger charge is -2.08. The summed E-state index contributed by atoms with van der Waals surface area (Å²) >= 11 is 0. The number of Topliss-reactive ketones (excluding diaryl/α,β-unsaturated/α-hetero) is 1. The average molecular weight is 258 g/mol. The van der Waals surface area contributed by atoms with E-state index in [0.717, 1.165) is 0 Å². The number of fused-ring (bicyclic) bond motifs is 1. The van der Waals surface area contributed by atoms with Crippen molar-refractivity contribution >= 4 is 5.78 Å². The Bertz CT molecular complexity index is 637. The predicted octanol–water partition coefficient (Wildman–Crippen LogP) is 2.98. The van der Waals surface area contributed by atoms with Gasteiger partial charge in [0.05, 0.1) is 5.56 Å². The van der Waals surface area contributed by atoms with E-state index in [0.29, 0.717) is 22.6 Å². The van der Waals surface area contributed by atoms with Gasteiger partial charge in [0.1, 0.15) is 23.9 Å². The van der Waals surface area contributed by atoms with E-state index in [1.807, 2.05) is 0 Å². The Hall–Kier alpha value is -2.36. The normalized spacial score (nSPS) is 13.0. The second-order valence-electron chi connectivity index (χ2n) is 4.25. The third kappa shape index (κ3) is 2.29. The zero-order valence-electron chi connectivity index (χ0n) is 10.1. The maximum Gasteiger partial charge on any atom is 0.203 e. The summed E-state index contributed by atoms with van der Waals surface area (Å²) in [5, 5.41) is 0. The van der Waals surface area contributed by atoms with Gasteiger partial charge < -0.3 is 9.47 Å². The van der Waals surface area contributed by atoms with Crippen LogP contribution in [-0.2, 0) is 6.61 Å². The first-order chi connectivity index (χ1) is 9.24. The molecule has 1 heterocycles. The number of hydrogen-bond acceptors (Lipinski definition) is 3. The van der Waals surface area contributed by atoms with Gasteiger partial charge >= 0.3 is 0 Å². The van der Waals surface area contributed by atoms with E-state index in [-0.39, 0.29) is 24.8 Å². The van der Waals surface area contributed by atoms with E-state index < -0.39 is 0 Å². The van der Waals surface area contributed by atoms with Gasteiger partial charge in [-0.1, -0.05) is 18.2 Å². The topological polar surface area (TPSA) is 35.5 Å². The fourth-order valence-electron chi connectivity index (χ4n) is 1.94. The molecule has 0 atom stereocenters. The highest BCUT2D eigenvalue weighted by molar-refractivity contribution is 6.02. The second kappa shape index (κ2) is 4.72. The van der Waals surface area contributed by atoms with Gasteiger partial charge in [-0.2, -0.15) is 0 Å².